The number of fused-ring (bicyclic) bond motifs is 7. The normalized spacial score (nSPS) is 36.1. The third-order valence-electron chi connectivity index (χ3n) is 11.8. The predicted octanol–water partition coefficient (Wildman–Crippen LogP) is 7.17. The molecule has 6 heteroatoms. The lowest BCUT2D eigenvalue weighted by Gasteiger charge is -2.69. The Labute approximate surface area is 239 Å². The zero-order chi connectivity index (χ0) is 29.3. The van der Waals surface area contributed by atoms with Crippen LogP contribution >= 0.6 is 0 Å². The van der Waals surface area contributed by atoms with Crippen LogP contribution in [0.25, 0.3) is 0 Å². The van der Waals surface area contributed by atoms with Gasteiger partial charge in [-0.25, -0.2) is 0 Å². The van der Waals surface area contributed by atoms with E-state index in [4.69, 9.17) is 14.2 Å². The van der Waals surface area contributed by atoms with Crippen LogP contribution in [0.2, 0.25) is 0 Å². The smallest absolute Gasteiger partial charge is 0.308 e. The molecule has 4 aliphatic rings. The van der Waals surface area contributed by atoms with E-state index in [2.05, 4.69) is 33.8 Å². The fourth-order valence-electron chi connectivity index (χ4n) is 9.51. The summed E-state index contributed by atoms with van der Waals surface area (Å²) in [6.45, 7) is 16.7. The minimum absolute atomic E-state index is 0.0231. The van der Waals surface area contributed by atoms with Crippen LogP contribution in [-0.2, 0) is 31.0 Å². The molecule has 0 amide bonds. The molecule has 218 valence electrons. The van der Waals surface area contributed by atoms with Crippen molar-refractivity contribution in [3.8, 4) is 11.5 Å². The first-order valence-electron chi connectivity index (χ1n) is 15.0. The number of carbonyl (C=O) groups is 3. The summed E-state index contributed by atoms with van der Waals surface area (Å²) in [4.78, 5) is 35.6. The third kappa shape index (κ3) is 4.32. The molecule has 3 fully saturated rings. The maximum atomic E-state index is 12.0. The molecule has 6 atom stereocenters. The lowest BCUT2D eigenvalue weighted by molar-refractivity contribution is -0.157. The highest BCUT2D eigenvalue weighted by Crippen LogP contribution is 2.74. The van der Waals surface area contributed by atoms with E-state index >= 15 is 0 Å². The molecule has 0 spiro atoms. The van der Waals surface area contributed by atoms with Gasteiger partial charge in [0.1, 0.15) is 0 Å². The number of hydrogen-bond acceptors (Lipinski definition) is 6. The van der Waals surface area contributed by atoms with E-state index in [-0.39, 0.29) is 22.2 Å². The Morgan fingerprint density at radius 3 is 2.25 bits per heavy atom. The Balaban J connectivity index is 1.56. The fraction of sp³-hybridized carbons (Fsp3) is 0.676. The molecule has 0 radical (unpaired) electrons. The van der Waals surface area contributed by atoms with Crippen LogP contribution in [0.4, 0.5) is 0 Å². The summed E-state index contributed by atoms with van der Waals surface area (Å²) in [5.41, 5.74) is 5.01. The van der Waals surface area contributed by atoms with Gasteiger partial charge in [0.2, 0.25) is 0 Å². The molecule has 1 aromatic carbocycles. The summed E-state index contributed by atoms with van der Waals surface area (Å²) >= 11 is 0. The molecule has 0 bridgehead atoms. The van der Waals surface area contributed by atoms with E-state index in [1.54, 1.807) is 0 Å². The number of benzene rings is 1. The SMILES string of the molecule is CC(=O)OC[C@H]1CC[C@]2(C)CC[C@]3(C)C4=CCc5c(cc(OC(C)=O)c(OC(C)=O)c5C)[C@]4(C)CC[C@@]3(C)C2C1. The molecule has 0 saturated heterocycles. The first-order valence-corrected chi connectivity index (χ1v) is 15.0. The van der Waals surface area contributed by atoms with E-state index < -0.39 is 11.9 Å². The molecule has 1 aromatic rings. The van der Waals surface area contributed by atoms with Gasteiger partial charge in [0, 0.05) is 26.2 Å². The molecular formula is C34H46O6. The maximum Gasteiger partial charge on any atom is 0.308 e. The van der Waals surface area contributed by atoms with Gasteiger partial charge in [0.15, 0.2) is 11.5 Å². The molecule has 3 saturated carbocycles. The minimum Gasteiger partial charge on any atom is -0.466 e. The van der Waals surface area contributed by atoms with Gasteiger partial charge in [-0.3, -0.25) is 14.4 Å². The van der Waals surface area contributed by atoms with E-state index in [1.807, 2.05) is 13.0 Å². The number of allylic oxidation sites excluding steroid dienone is 2. The summed E-state index contributed by atoms with van der Waals surface area (Å²) < 4.78 is 16.7. The van der Waals surface area contributed by atoms with Crippen LogP contribution in [-0.4, -0.2) is 24.5 Å². The van der Waals surface area contributed by atoms with Crippen molar-refractivity contribution in [1.29, 1.82) is 0 Å². The lowest BCUT2D eigenvalue weighted by atomic mass is 9.35. The molecule has 0 aliphatic heterocycles. The van der Waals surface area contributed by atoms with Crippen molar-refractivity contribution in [2.75, 3.05) is 6.61 Å². The first kappa shape index (κ1) is 28.9. The van der Waals surface area contributed by atoms with Gasteiger partial charge in [-0.2, -0.15) is 0 Å². The molecule has 1 unspecified atom stereocenters. The fourth-order valence-corrected chi connectivity index (χ4v) is 9.51. The number of ether oxygens (including phenoxy) is 3. The van der Waals surface area contributed by atoms with Crippen LogP contribution in [0.5, 0.6) is 11.5 Å². The topological polar surface area (TPSA) is 78.9 Å². The van der Waals surface area contributed by atoms with Crippen LogP contribution < -0.4 is 9.47 Å². The second-order valence-electron chi connectivity index (χ2n) is 14.1. The van der Waals surface area contributed by atoms with Crippen molar-refractivity contribution in [1.82, 2.24) is 0 Å². The quantitative estimate of drug-likeness (QED) is 0.225. The summed E-state index contributed by atoms with van der Waals surface area (Å²) in [7, 11) is 0. The molecule has 0 heterocycles. The van der Waals surface area contributed by atoms with Crippen molar-refractivity contribution in [3.05, 3.63) is 34.4 Å². The second-order valence-corrected chi connectivity index (χ2v) is 14.1. The minimum atomic E-state index is -0.431. The number of hydrogen-bond donors (Lipinski definition) is 0. The van der Waals surface area contributed by atoms with E-state index in [0.29, 0.717) is 35.4 Å². The highest BCUT2D eigenvalue weighted by atomic mass is 16.6. The standard InChI is InChI=1S/C34H46O6/c1-20-25-9-10-28-32(6,26(25)18-27(39-22(3)36)30(20)40-23(4)37)14-16-34(8)29-17-24(19-38-21(2)35)11-12-31(29,5)13-15-33(28,34)7/h10,18,24,29H,9,11-17,19H2,1-8H3/t24-,29?,31+,32-,33+,34-/m0/s1. The highest BCUT2D eigenvalue weighted by molar-refractivity contribution is 5.76. The predicted molar refractivity (Wildman–Crippen MR) is 153 cm³/mol. The zero-order valence-electron chi connectivity index (χ0n) is 25.6. The van der Waals surface area contributed by atoms with Gasteiger partial charge >= 0.3 is 17.9 Å². The number of esters is 3. The average molecular weight is 551 g/mol. The van der Waals surface area contributed by atoms with E-state index in [0.717, 1.165) is 44.1 Å². The second kappa shape index (κ2) is 9.73. The van der Waals surface area contributed by atoms with Gasteiger partial charge in [-0.05, 0) is 109 Å². The number of carbonyl (C=O) groups excluding carboxylic acids is 3. The Bertz CT molecular complexity index is 1290. The molecule has 5 rings (SSSR count). The van der Waals surface area contributed by atoms with Crippen LogP contribution in [0, 0.1) is 35.0 Å². The van der Waals surface area contributed by atoms with Crippen molar-refractivity contribution in [3.63, 3.8) is 0 Å². The first-order chi connectivity index (χ1) is 18.6. The van der Waals surface area contributed by atoms with Gasteiger partial charge in [-0.15, -0.1) is 0 Å². The summed E-state index contributed by atoms with van der Waals surface area (Å²) in [6.07, 6.45) is 11.1. The van der Waals surface area contributed by atoms with E-state index in [9.17, 15) is 14.4 Å². The summed E-state index contributed by atoms with van der Waals surface area (Å²) in [5.74, 6) is 0.613. The van der Waals surface area contributed by atoms with Crippen LogP contribution in [0.15, 0.2) is 17.7 Å². The van der Waals surface area contributed by atoms with Gasteiger partial charge < -0.3 is 14.2 Å². The summed E-state index contributed by atoms with van der Waals surface area (Å²) in [6, 6.07) is 1.98. The van der Waals surface area contributed by atoms with Crippen molar-refractivity contribution in [2.24, 2.45) is 28.1 Å². The van der Waals surface area contributed by atoms with Gasteiger partial charge in [-0.1, -0.05) is 39.3 Å². The Morgan fingerprint density at radius 2 is 1.60 bits per heavy atom. The Hall–Kier alpha value is -2.63. The van der Waals surface area contributed by atoms with Gasteiger partial charge in [0.25, 0.3) is 0 Å². The largest absolute Gasteiger partial charge is 0.466 e. The molecule has 0 aromatic heterocycles. The maximum absolute atomic E-state index is 12.0. The van der Waals surface area contributed by atoms with Crippen LogP contribution in [0.3, 0.4) is 0 Å². The van der Waals surface area contributed by atoms with Crippen molar-refractivity contribution >= 4 is 17.9 Å². The lowest BCUT2D eigenvalue weighted by Crippen LogP contribution is -2.61. The highest BCUT2D eigenvalue weighted by Gasteiger charge is 2.65. The third-order valence-corrected chi connectivity index (χ3v) is 11.8. The van der Waals surface area contributed by atoms with Crippen LogP contribution in [0.1, 0.15) is 110 Å². The number of rotatable bonds is 4. The van der Waals surface area contributed by atoms with E-state index in [1.165, 1.54) is 50.3 Å². The zero-order valence-corrected chi connectivity index (χ0v) is 25.6. The molecule has 40 heavy (non-hydrogen) atoms. The Kier molecular flexibility index (Phi) is 7.03. The van der Waals surface area contributed by atoms with Crippen molar-refractivity contribution in [2.45, 2.75) is 112 Å². The van der Waals surface area contributed by atoms with Gasteiger partial charge in [0.05, 0.1) is 6.61 Å². The Morgan fingerprint density at radius 1 is 0.900 bits per heavy atom. The molecule has 6 nitrogen and oxygen atoms in total. The molecule has 4 aliphatic carbocycles. The molecular weight excluding hydrogens is 504 g/mol. The summed E-state index contributed by atoms with van der Waals surface area (Å²) in [5, 5.41) is 0. The monoisotopic (exact) mass is 550 g/mol. The average Bonchev–Trinajstić information content (AvgIpc) is 2.86. The van der Waals surface area contributed by atoms with Crippen molar-refractivity contribution < 1.29 is 28.6 Å². The molecule has 0 N–H and O–H groups in total.